The van der Waals surface area contributed by atoms with E-state index < -0.39 is 0 Å². The Morgan fingerprint density at radius 3 is 1.96 bits per heavy atom. The molecule has 0 spiro atoms. The Labute approximate surface area is 163 Å². The van der Waals surface area contributed by atoms with E-state index in [4.69, 9.17) is 5.73 Å². The number of hydrogen-bond acceptors (Lipinski definition) is 3. The number of fused-ring (bicyclic) bond motifs is 2. The first-order valence-electron chi connectivity index (χ1n) is 10.3. The summed E-state index contributed by atoms with van der Waals surface area (Å²) in [6.45, 7) is 6.22. The minimum Gasteiger partial charge on any atom is -0.328 e. The molecule has 0 heterocycles. The maximum Gasteiger partial charge on any atom is 0.0217 e. The van der Waals surface area contributed by atoms with Crippen molar-refractivity contribution in [3.8, 4) is 0 Å². The van der Waals surface area contributed by atoms with Gasteiger partial charge in [-0.3, -0.25) is 0 Å². The molecule has 0 bridgehead atoms. The molecule has 0 amide bonds. The number of unbranched alkanes of at least 4 members (excludes halogenated alkanes) is 1. The topological polar surface area (TPSA) is 50.1 Å². The molecule has 3 aromatic rings. The van der Waals surface area contributed by atoms with Crippen molar-refractivity contribution in [2.24, 2.45) is 5.73 Å². The van der Waals surface area contributed by atoms with Crippen molar-refractivity contribution in [3.05, 3.63) is 60.2 Å². The van der Waals surface area contributed by atoms with Crippen LogP contribution in [0.5, 0.6) is 0 Å². The Morgan fingerprint density at radius 2 is 1.33 bits per heavy atom. The highest BCUT2D eigenvalue weighted by Crippen LogP contribution is 2.28. The van der Waals surface area contributed by atoms with E-state index in [0.29, 0.717) is 6.04 Å². The van der Waals surface area contributed by atoms with Crippen LogP contribution >= 0.6 is 0 Å². The van der Waals surface area contributed by atoms with Gasteiger partial charge in [-0.2, -0.15) is 0 Å². The van der Waals surface area contributed by atoms with Crippen molar-refractivity contribution in [3.63, 3.8) is 0 Å². The molecule has 0 radical (unpaired) electrons. The third-order valence-electron chi connectivity index (χ3n) is 5.15. The van der Waals surface area contributed by atoms with Crippen molar-refractivity contribution >= 4 is 21.5 Å². The largest absolute Gasteiger partial charge is 0.328 e. The molecule has 4 N–H and O–H groups in total. The quantitative estimate of drug-likeness (QED) is 0.345. The number of hydrogen-bond donors (Lipinski definition) is 3. The fraction of sp³-hybridized carbons (Fsp3) is 0.417. The van der Waals surface area contributed by atoms with Crippen LogP contribution in [0.4, 0.5) is 0 Å². The first-order chi connectivity index (χ1) is 13.3. The monoisotopic (exact) mass is 363 g/mol. The zero-order valence-corrected chi connectivity index (χ0v) is 16.5. The van der Waals surface area contributed by atoms with E-state index in [1.165, 1.54) is 46.4 Å². The average Bonchev–Trinajstić information content (AvgIpc) is 2.68. The molecular formula is C24H33N3. The van der Waals surface area contributed by atoms with Crippen molar-refractivity contribution < 1.29 is 0 Å². The molecule has 0 saturated carbocycles. The number of nitrogens with one attached hydrogen (secondary N) is 2. The van der Waals surface area contributed by atoms with Gasteiger partial charge in [-0.25, -0.2) is 0 Å². The lowest BCUT2D eigenvalue weighted by Gasteiger charge is -2.13. The molecule has 144 valence electrons. The first kappa shape index (κ1) is 19.8. The summed E-state index contributed by atoms with van der Waals surface area (Å²) in [6.07, 6.45) is 4.68. The highest BCUT2D eigenvalue weighted by molar-refractivity contribution is 6.02. The lowest BCUT2D eigenvalue weighted by Crippen LogP contribution is -2.22. The summed E-state index contributed by atoms with van der Waals surface area (Å²) in [5.74, 6) is 0. The molecule has 0 fully saturated rings. The van der Waals surface area contributed by atoms with Gasteiger partial charge in [0.15, 0.2) is 0 Å². The van der Waals surface area contributed by atoms with Crippen LogP contribution in [-0.2, 0) is 6.54 Å². The highest BCUT2D eigenvalue weighted by Gasteiger charge is 2.06. The Bertz CT molecular complexity index is 787. The van der Waals surface area contributed by atoms with Crippen molar-refractivity contribution in [2.75, 3.05) is 19.6 Å². The molecule has 1 unspecified atom stereocenters. The van der Waals surface area contributed by atoms with Crippen LogP contribution in [0.25, 0.3) is 21.5 Å². The molecule has 0 aliphatic heterocycles. The van der Waals surface area contributed by atoms with E-state index in [-0.39, 0.29) is 0 Å². The van der Waals surface area contributed by atoms with Crippen LogP contribution in [0.1, 0.15) is 38.2 Å². The summed E-state index contributed by atoms with van der Waals surface area (Å²) in [6, 6.07) is 20.0. The van der Waals surface area contributed by atoms with Crippen LogP contribution in [0.2, 0.25) is 0 Å². The van der Waals surface area contributed by atoms with Crippen molar-refractivity contribution in [1.82, 2.24) is 10.6 Å². The smallest absolute Gasteiger partial charge is 0.0217 e. The summed E-state index contributed by atoms with van der Waals surface area (Å²) >= 11 is 0. The third kappa shape index (κ3) is 5.77. The fourth-order valence-electron chi connectivity index (χ4n) is 3.69. The summed E-state index contributed by atoms with van der Waals surface area (Å²) in [4.78, 5) is 0. The van der Waals surface area contributed by atoms with E-state index >= 15 is 0 Å². The van der Waals surface area contributed by atoms with Gasteiger partial charge in [0.25, 0.3) is 0 Å². The van der Waals surface area contributed by atoms with Crippen LogP contribution in [0.3, 0.4) is 0 Å². The predicted molar refractivity (Wildman–Crippen MR) is 118 cm³/mol. The van der Waals surface area contributed by atoms with Gasteiger partial charge in [0.05, 0.1) is 0 Å². The van der Waals surface area contributed by atoms with Gasteiger partial charge in [-0.1, -0.05) is 48.5 Å². The Balaban J connectivity index is 1.47. The molecule has 0 aliphatic rings. The van der Waals surface area contributed by atoms with E-state index in [2.05, 4.69) is 72.2 Å². The molecule has 3 aromatic carbocycles. The molecule has 1 atom stereocenters. The molecule has 0 saturated heterocycles. The lowest BCUT2D eigenvalue weighted by atomic mass is 9.97. The standard InChI is InChI=1S/C24H33N3/c1-19(25)9-8-16-26-14-6-7-15-27-18-24-22-12-4-2-10-20(22)17-21-11-3-5-13-23(21)24/h2-5,10-13,17,19,26-27H,6-9,14-16,18,25H2,1H3. The van der Waals surface area contributed by atoms with Gasteiger partial charge in [-0.05, 0) is 85.4 Å². The van der Waals surface area contributed by atoms with Crippen LogP contribution in [0.15, 0.2) is 54.6 Å². The van der Waals surface area contributed by atoms with Crippen LogP contribution < -0.4 is 16.4 Å². The van der Waals surface area contributed by atoms with E-state index in [9.17, 15) is 0 Å². The van der Waals surface area contributed by atoms with E-state index in [0.717, 1.165) is 32.6 Å². The second kappa shape index (κ2) is 10.4. The fourth-order valence-corrected chi connectivity index (χ4v) is 3.69. The summed E-state index contributed by atoms with van der Waals surface area (Å²) < 4.78 is 0. The Kier molecular flexibility index (Phi) is 7.64. The molecule has 3 heteroatoms. The first-order valence-corrected chi connectivity index (χ1v) is 10.3. The van der Waals surface area contributed by atoms with Crippen molar-refractivity contribution in [2.45, 2.75) is 45.2 Å². The maximum atomic E-state index is 5.77. The summed E-state index contributed by atoms with van der Waals surface area (Å²) in [5, 5.41) is 12.5. The second-order valence-electron chi connectivity index (χ2n) is 7.55. The molecule has 0 aliphatic carbocycles. The molecule has 3 nitrogen and oxygen atoms in total. The predicted octanol–water partition coefficient (Wildman–Crippen LogP) is 4.58. The van der Waals surface area contributed by atoms with Gasteiger partial charge in [0.2, 0.25) is 0 Å². The molecule has 0 aromatic heterocycles. The SMILES string of the molecule is CC(N)CCCNCCCCNCc1c2ccccc2cc2ccccc12. The van der Waals surface area contributed by atoms with E-state index in [1.807, 2.05) is 0 Å². The normalized spacial score (nSPS) is 12.7. The maximum absolute atomic E-state index is 5.77. The third-order valence-corrected chi connectivity index (χ3v) is 5.15. The minimum atomic E-state index is 0.321. The Morgan fingerprint density at radius 1 is 0.778 bits per heavy atom. The second-order valence-corrected chi connectivity index (χ2v) is 7.55. The molecular weight excluding hydrogens is 330 g/mol. The Hall–Kier alpha value is -1.94. The van der Waals surface area contributed by atoms with Crippen LogP contribution in [-0.4, -0.2) is 25.7 Å². The lowest BCUT2D eigenvalue weighted by molar-refractivity contribution is 0.548. The van der Waals surface area contributed by atoms with Crippen LogP contribution in [0, 0.1) is 0 Å². The van der Waals surface area contributed by atoms with Gasteiger partial charge in [0.1, 0.15) is 0 Å². The summed E-state index contributed by atoms with van der Waals surface area (Å²) in [7, 11) is 0. The zero-order chi connectivity index (χ0) is 18.9. The summed E-state index contributed by atoms with van der Waals surface area (Å²) in [5.41, 5.74) is 7.18. The van der Waals surface area contributed by atoms with Gasteiger partial charge in [0, 0.05) is 12.6 Å². The van der Waals surface area contributed by atoms with Gasteiger partial charge >= 0.3 is 0 Å². The number of benzene rings is 3. The molecule has 27 heavy (non-hydrogen) atoms. The van der Waals surface area contributed by atoms with Gasteiger partial charge in [-0.15, -0.1) is 0 Å². The van der Waals surface area contributed by atoms with E-state index in [1.54, 1.807) is 0 Å². The highest BCUT2D eigenvalue weighted by atomic mass is 14.9. The minimum absolute atomic E-state index is 0.321. The van der Waals surface area contributed by atoms with Gasteiger partial charge < -0.3 is 16.4 Å². The zero-order valence-electron chi connectivity index (χ0n) is 16.5. The average molecular weight is 364 g/mol. The number of rotatable bonds is 11. The molecule has 3 rings (SSSR count). The number of nitrogens with two attached hydrogens (primary N) is 1. The van der Waals surface area contributed by atoms with Crippen molar-refractivity contribution in [1.29, 1.82) is 0 Å².